The molecule has 2 atom stereocenters. The van der Waals surface area contributed by atoms with Gasteiger partial charge in [0.15, 0.2) is 12.2 Å². The predicted octanol–water partition coefficient (Wildman–Crippen LogP) is 5.74. The number of halogens is 1. The maximum Gasteiger partial charge on any atom is 0.269 e. The maximum atomic E-state index is 14.1. The third-order valence-electron chi connectivity index (χ3n) is 8.79. The van der Waals surface area contributed by atoms with E-state index in [1.165, 1.54) is 4.90 Å². The van der Waals surface area contributed by atoms with E-state index in [1.54, 1.807) is 47.1 Å². The molecule has 4 aromatic rings. The van der Waals surface area contributed by atoms with Crippen LogP contribution in [-0.2, 0) is 33.1 Å². The molecular weight excluding hydrogens is 630 g/mol. The first-order valence-electron chi connectivity index (χ1n) is 15.8. The Labute approximate surface area is 284 Å². The molecule has 2 N–H and O–H groups in total. The molecule has 2 aliphatic heterocycles. The number of anilines is 3. The number of hydrogen-bond donors (Lipinski definition) is 2. The van der Waals surface area contributed by atoms with Gasteiger partial charge < -0.3 is 24.7 Å². The molecule has 0 bridgehead atoms. The molecule has 0 radical (unpaired) electrons. The molecule has 0 aliphatic carbocycles. The normalized spacial score (nSPS) is 17.7. The van der Waals surface area contributed by atoms with Crippen LogP contribution in [0.1, 0.15) is 30.0 Å². The first kappa shape index (κ1) is 33.0. The molecule has 0 aromatic heterocycles. The molecule has 4 aromatic carbocycles. The largest absolute Gasteiger partial charge is 0.482 e. The van der Waals surface area contributed by atoms with Crippen molar-refractivity contribution in [3.8, 4) is 5.75 Å². The molecule has 246 valence electrons. The SMILES string of the molecule is C[C@H](/C=C/CC(=O)N(CCO)Cc1ccccc1)[C@@]1(O)C(=O)N(Cc2ccc(N3C(=O)COc4ccccc43)cc2)c2ccc(Cl)cc21. The number of aliphatic hydroxyl groups excluding tert-OH is 1. The summed E-state index contributed by atoms with van der Waals surface area (Å²) in [5.74, 6) is -0.948. The number of para-hydroxylation sites is 2. The lowest BCUT2D eigenvalue weighted by atomic mass is 9.83. The molecule has 3 amide bonds. The number of hydrogen-bond acceptors (Lipinski definition) is 6. The Bertz CT molecular complexity index is 1850. The number of carbonyl (C=O) groups excluding carboxylic acids is 3. The topological polar surface area (TPSA) is 111 Å². The number of nitrogens with zero attached hydrogens (tertiary/aromatic N) is 3. The van der Waals surface area contributed by atoms with Crippen molar-refractivity contribution < 1.29 is 29.3 Å². The molecule has 9 nitrogen and oxygen atoms in total. The van der Waals surface area contributed by atoms with Gasteiger partial charge in [0.2, 0.25) is 5.91 Å². The molecule has 0 unspecified atom stereocenters. The van der Waals surface area contributed by atoms with Crippen molar-refractivity contribution in [2.24, 2.45) is 5.92 Å². The van der Waals surface area contributed by atoms with E-state index in [0.717, 1.165) is 11.1 Å². The zero-order valence-electron chi connectivity index (χ0n) is 26.5. The van der Waals surface area contributed by atoms with Crippen molar-refractivity contribution in [1.82, 2.24) is 4.90 Å². The second-order valence-electron chi connectivity index (χ2n) is 11.9. The highest BCUT2D eigenvalue weighted by Gasteiger charge is 2.52. The van der Waals surface area contributed by atoms with Crippen molar-refractivity contribution in [1.29, 1.82) is 0 Å². The van der Waals surface area contributed by atoms with Crippen molar-refractivity contribution in [3.05, 3.63) is 131 Å². The van der Waals surface area contributed by atoms with Gasteiger partial charge in [-0.1, -0.05) is 85.3 Å². The number of benzene rings is 4. The monoisotopic (exact) mass is 665 g/mol. The van der Waals surface area contributed by atoms with E-state index in [9.17, 15) is 24.6 Å². The minimum Gasteiger partial charge on any atom is -0.482 e. The summed E-state index contributed by atoms with van der Waals surface area (Å²) in [6, 6.07) is 29.2. The van der Waals surface area contributed by atoms with Crippen molar-refractivity contribution in [3.63, 3.8) is 0 Å². The van der Waals surface area contributed by atoms with E-state index in [-0.39, 0.29) is 44.5 Å². The number of rotatable bonds is 11. The summed E-state index contributed by atoms with van der Waals surface area (Å²) >= 11 is 6.36. The first-order valence-corrected chi connectivity index (χ1v) is 16.2. The van der Waals surface area contributed by atoms with Crippen LogP contribution in [0.25, 0.3) is 0 Å². The van der Waals surface area contributed by atoms with Gasteiger partial charge in [-0.15, -0.1) is 0 Å². The van der Waals surface area contributed by atoms with Gasteiger partial charge in [0.05, 0.1) is 24.5 Å². The Morgan fingerprint density at radius 2 is 1.71 bits per heavy atom. The number of aliphatic hydroxyl groups is 2. The Kier molecular flexibility index (Phi) is 9.63. The summed E-state index contributed by atoms with van der Waals surface area (Å²) < 4.78 is 5.57. The Morgan fingerprint density at radius 3 is 2.46 bits per heavy atom. The third-order valence-corrected chi connectivity index (χ3v) is 9.02. The fourth-order valence-electron chi connectivity index (χ4n) is 6.25. The zero-order valence-corrected chi connectivity index (χ0v) is 27.2. The molecule has 6 rings (SSSR count). The molecule has 2 heterocycles. The van der Waals surface area contributed by atoms with E-state index >= 15 is 0 Å². The lowest BCUT2D eigenvalue weighted by molar-refractivity contribution is -0.139. The van der Waals surface area contributed by atoms with E-state index in [1.807, 2.05) is 78.9 Å². The second-order valence-corrected chi connectivity index (χ2v) is 12.4. The van der Waals surface area contributed by atoms with Gasteiger partial charge in [0, 0.05) is 41.7 Å². The van der Waals surface area contributed by atoms with Gasteiger partial charge in [-0.2, -0.15) is 0 Å². The van der Waals surface area contributed by atoms with Crippen LogP contribution in [0.4, 0.5) is 17.1 Å². The van der Waals surface area contributed by atoms with Crippen molar-refractivity contribution in [2.75, 3.05) is 29.6 Å². The van der Waals surface area contributed by atoms with E-state index in [0.29, 0.717) is 39.9 Å². The smallest absolute Gasteiger partial charge is 0.269 e. The molecule has 0 fully saturated rings. The summed E-state index contributed by atoms with van der Waals surface area (Å²) in [6.45, 7) is 2.24. The van der Waals surface area contributed by atoms with Crippen LogP contribution in [-0.4, -0.2) is 52.6 Å². The van der Waals surface area contributed by atoms with Crippen LogP contribution in [0.2, 0.25) is 5.02 Å². The standard InChI is InChI=1S/C38H36ClN3O6/c1-26(8-7-13-35(44)40(20-21-43)23-27-9-3-2-4-10-27)38(47)31-22-29(39)16-19-32(31)41(37(38)46)24-28-14-17-30(18-15-28)42-33-11-5-6-12-34(33)48-25-36(42)45/h2-12,14-19,22,26,43,47H,13,20-21,23-25H2,1H3/b8-7+/t26-,38+/m1/s1. The second kappa shape index (κ2) is 14.0. The van der Waals surface area contributed by atoms with Gasteiger partial charge in [-0.05, 0) is 53.6 Å². The summed E-state index contributed by atoms with van der Waals surface area (Å²) in [4.78, 5) is 44.6. The highest BCUT2D eigenvalue weighted by molar-refractivity contribution is 6.31. The van der Waals surface area contributed by atoms with E-state index in [4.69, 9.17) is 16.3 Å². The fraction of sp³-hybridized carbons (Fsp3) is 0.237. The molecule has 48 heavy (non-hydrogen) atoms. The lowest BCUT2D eigenvalue weighted by Gasteiger charge is -2.29. The van der Waals surface area contributed by atoms with Crippen LogP contribution in [0.5, 0.6) is 5.75 Å². The minimum absolute atomic E-state index is 0.0377. The van der Waals surface area contributed by atoms with Crippen LogP contribution >= 0.6 is 11.6 Å². The molecule has 10 heteroatoms. The number of amides is 3. The van der Waals surface area contributed by atoms with Gasteiger partial charge in [0.1, 0.15) is 5.75 Å². The van der Waals surface area contributed by atoms with Gasteiger partial charge in [-0.25, -0.2) is 0 Å². The Balaban J connectivity index is 1.19. The summed E-state index contributed by atoms with van der Waals surface area (Å²) in [5.41, 5.74) is 2.09. The van der Waals surface area contributed by atoms with Gasteiger partial charge in [-0.3, -0.25) is 19.3 Å². The van der Waals surface area contributed by atoms with Crippen LogP contribution < -0.4 is 14.5 Å². The third kappa shape index (κ3) is 6.44. The summed E-state index contributed by atoms with van der Waals surface area (Å²) in [5, 5.41) is 22.0. The molecular formula is C38H36ClN3O6. The van der Waals surface area contributed by atoms with Crippen molar-refractivity contribution in [2.45, 2.75) is 32.0 Å². The van der Waals surface area contributed by atoms with E-state index in [2.05, 4.69) is 0 Å². The highest BCUT2D eigenvalue weighted by atomic mass is 35.5. The van der Waals surface area contributed by atoms with Gasteiger partial charge in [0.25, 0.3) is 11.8 Å². The molecule has 0 spiro atoms. The Morgan fingerprint density at radius 1 is 0.979 bits per heavy atom. The summed E-state index contributed by atoms with van der Waals surface area (Å²) in [7, 11) is 0. The van der Waals surface area contributed by atoms with Crippen LogP contribution in [0, 0.1) is 5.92 Å². The average Bonchev–Trinajstić information content (AvgIpc) is 3.30. The Hall–Kier alpha value is -4.96. The van der Waals surface area contributed by atoms with Crippen LogP contribution in [0.3, 0.4) is 0 Å². The first-order chi connectivity index (χ1) is 23.2. The van der Waals surface area contributed by atoms with E-state index < -0.39 is 17.4 Å². The molecule has 2 aliphatic rings. The number of fused-ring (bicyclic) bond motifs is 2. The minimum atomic E-state index is -1.92. The van der Waals surface area contributed by atoms with Gasteiger partial charge >= 0.3 is 0 Å². The number of carbonyl (C=O) groups is 3. The lowest BCUT2D eigenvalue weighted by Crippen LogP contribution is -2.44. The predicted molar refractivity (Wildman–Crippen MR) is 184 cm³/mol. The quantitative estimate of drug-likeness (QED) is 0.198. The zero-order chi connectivity index (χ0) is 33.8. The average molecular weight is 666 g/mol. The highest BCUT2D eigenvalue weighted by Crippen LogP contribution is 2.47. The van der Waals surface area contributed by atoms with Crippen LogP contribution in [0.15, 0.2) is 109 Å². The number of ether oxygens (including phenoxy) is 1. The summed E-state index contributed by atoms with van der Waals surface area (Å²) in [6.07, 6.45) is 3.37. The molecule has 0 saturated heterocycles. The molecule has 0 saturated carbocycles. The van der Waals surface area contributed by atoms with Crippen molar-refractivity contribution >= 4 is 46.4 Å². The maximum absolute atomic E-state index is 14.1. The fourth-order valence-corrected chi connectivity index (χ4v) is 6.42.